The molecular formula is C21H28F3N5O3S. The summed E-state index contributed by atoms with van der Waals surface area (Å²) in [6.45, 7) is 1.30. The fourth-order valence-corrected chi connectivity index (χ4v) is 5.97. The van der Waals surface area contributed by atoms with Gasteiger partial charge in [-0.25, -0.2) is 0 Å². The van der Waals surface area contributed by atoms with Crippen molar-refractivity contribution in [3.05, 3.63) is 29.3 Å². The smallest absolute Gasteiger partial charge is 0.372 e. The summed E-state index contributed by atoms with van der Waals surface area (Å²) in [4.78, 5) is 14.3. The van der Waals surface area contributed by atoms with Gasteiger partial charge in [-0.3, -0.25) is 4.79 Å². The van der Waals surface area contributed by atoms with Crippen molar-refractivity contribution in [2.24, 2.45) is 17.8 Å². The molecule has 0 aromatic heterocycles. The van der Waals surface area contributed by atoms with Gasteiger partial charge >= 0.3 is 6.18 Å². The van der Waals surface area contributed by atoms with E-state index < -0.39 is 33.4 Å². The van der Waals surface area contributed by atoms with Crippen molar-refractivity contribution in [2.75, 3.05) is 52.2 Å². The van der Waals surface area contributed by atoms with Crippen molar-refractivity contribution in [1.29, 1.82) is 5.26 Å². The van der Waals surface area contributed by atoms with E-state index in [0.29, 0.717) is 31.6 Å². The SMILES string of the molecule is CNC(=O)[C@@H]1CN(S(=O)(=O)N(C)C)C[C@H]1C1CCN(c2ccc(C#N)c(C(F)(F)F)c2)CC1. The highest BCUT2D eigenvalue weighted by Gasteiger charge is 2.46. The quantitative estimate of drug-likeness (QED) is 0.684. The van der Waals surface area contributed by atoms with Gasteiger partial charge in [-0.15, -0.1) is 0 Å². The average Bonchev–Trinajstić information content (AvgIpc) is 3.24. The van der Waals surface area contributed by atoms with Gasteiger partial charge < -0.3 is 10.2 Å². The molecule has 2 aliphatic heterocycles. The molecule has 33 heavy (non-hydrogen) atoms. The molecule has 0 unspecified atom stereocenters. The molecule has 2 fully saturated rings. The van der Waals surface area contributed by atoms with Gasteiger partial charge in [0.05, 0.1) is 23.1 Å². The van der Waals surface area contributed by atoms with Gasteiger partial charge in [-0.05, 0) is 42.9 Å². The van der Waals surface area contributed by atoms with Crippen molar-refractivity contribution in [1.82, 2.24) is 13.9 Å². The molecular weight excluding hydrogens is 459 g/mol. The molecule has 182 valence electrons. The number of anilines is 1. The summed E-state index contributed by atoms with van der Waals surface area (Å²) in [6.07, 6.45) is -3.38. The minimum Gasteiger partial charge on any atom is -0.372 e. The number of hydrogen-bond donors (Lipinski definition) is 1. The van der Waals surface area contributed by atoms with Crippen LogP contribution in [0.15, 0.2) is 18.2 Å². The maximum Gasteiger partial charge on any atom is 0.417 e. The number of halogens is 3. The average molecular weight is 488 g/mol. The van der Waals surface area contributed by atoms with Crippen LogP contribution in [0.5, 0.6) is 0 Å². The highest BCUT2D eigenvalue weighted by Crippen LogP contribution is 2.39. The minimum atomic E-state index is -4.62. The van der Waals surface area contributed by atoms with Crippen LogP contribution in [0.1, 0.15) is 24.0 Å². The van der Waals surface area contributed by atoms with Gasteiger partial charge in [-0.1, -0.05) is 0 Å². The number of piperidine rings is 1. The normalized spacial score (nSPS) is 23.0. The molecule has 2 saturated heterocycles. The summed E-state index contributed by atoms with van der Waals surface area (Å²) in [6, 6.07) is 5.30. The van der Waals surface area contributed by atoms with Gasteiger partial charge in [0.25, 0.3) is 10.2 Å². The fourth-order valence-electron chi connectivity index (χ4n) is 4.80. The maximum absolute atomic E-state index is 13.3. The van der Waals surface area contributed by atoms with Crippen LogP contribution >= 0.6 is 0 Å². The lowest BCUT2D eigenvalue weighted by Gasteiger charge is -2.37. The first-order valence-corrected chi connectivity index (χ1v) is 12.0. The molecule has 0 saturated carbocycles. The third-order valence-electron chi connectivity index (χ3n) is 6.64. The number of benzene rings is 1. The molecule has 2 heterocycles. The van der Waals surface area contributed by atoms with Crippen LogP contribution in [-0.4, -0.2) is 70.3 Å². The van der Waals surface area contributed by atoms with E-state index in [9.17, 15) is 26.4 Å². The standard InChI is InChI=1S/C21H28F3N5O3S/c1-26-20(30)18-13-29(33(31,32)27(2)3)12-17(18)14-6-8-28(9-7-14)16-5-4-15(11-25)19(10-16)21(22,23)24/h4-5,10,14,17-18H,6-9,12-13H2,1-3H3,(H,26,30)/t17-,18+/m0/s1. The number of carbonyl (C=O) groups excluding carboxylic acids is 1. The first-order chi connectivity index (χ1) is 15.4. The molecule has 12 heteroatoms. The van der Waals surface area contributed by atoms with Crippen molar-refractivity contribution in [3.8, 4) is 6.07 Å². The Balaban J connectivity index is 1.76. The zero-order chi connectivity index (χ0) is 24.6. The van der Waals surface area contributed by atoms with E-state index in [1.165, 1.54) is 37.6 Å². The number of amides is 1. The summed E-state index contributed by atoms with van der Waals surface area (Å²) in [7, 11) is 0.758. The van der Waals surface area contributed by atoms with Crippen molar-refractivity contribution < 1.29 is 26.4 Å². The third kappa shape index (κ3) is 5.10. The number of nitriles is 1. The molecule has 8 nitrogen and oxygen atoms in total. The van der Waals surface area contributed by atoms with E-state index in [-0.39, 0.29) is 30.8 Å². The van der Waals surface area contributed by atoms with Crippen molar-refractivity contribution in [3.63, 3.8) is 0 Å². The number of nitrogens with zero attached hydrogens (tertiary/aromatic N) is 4. The molecule has 1 N–H and O–H groups in total. The van der Waals surface area contributed by atoms with Gasteiger partial charge in [0.15, 0.2) is 0 Å². The Hall–Kier alpha value is -2.36. The van der Waals surface area contributed by atoms with E-state index in [4.69, 9.17) is 5.26 Å². The van der Waals surface area contributed by atoms with Crippen molar-refractivity contribution in [2.45, 2.75) is 19.0 Å². The Morgan fingerprint density at radius 2 is 1.85 bits per heavy atom. The van der Waals surface area contributed by atoms with E-state index >= 15 is 0 Å². The molecule has 2 atom stereocenters. The fraction of sp³-hybridized carbons (Fsp3) is 0.619. The minimum absolute atomic E-state index is 0.0615. The molecule has 0 radical (unpaired) electrons. The van der Waals surface area contributed by atoms with Gasteiger partial charge in [0, 0.05) is 53.0 Å². The lowest BCUT2D eigenvalue weighted by molar-refractivity contribution is -0.137. The van der Waals surface area contributed by atoms with Crippen LogP contribution in [-0.2, 0) is 21.2 Å². The molecule has 1 aromatic carbocycles. The summed E-state index contributed by atoms with van der Waals surface area (Å²) in [5.74, 6) is -0.797. The van der Waals surface area contributed by atoms with Gasteiger partial charge in [-0.2, -0.15) is 35.5 Å². The molecule has 1 aromatic rings. The van der Waals surface area contributed by atoms with Crippen LogP contribution in [0.3, 0.4) is 0 Å². The number of rotatable bonds is 5. The van der Waals surface area contributed by atoms with Crippen LogP contribution < -0.4 is 10.2 Å². The van der Waals surface area contributed by atoms with E-state index in [2.05, 4.69) is 5.32 Å². The lowest BCUT2D eigenvalue weighted by Crippen LogP contribution is -2.41. The lowest BCUT2D eigenvalue weighted by atomic mass is 9.78. The predicted molar refractivity (Wildman–Crippen MR) is 116 cm³/mol. The molecule has 0 bridgehead atoms. The summed E-state index contributed by atoms with van der Waals surface area (Å²) in [5, 5.41) is 11.6. The van der Waals surface area contributed by atoms with Gasteiger partial charge in [0.2, 0.25) is 5.91 Å². The first kappa shape index (κ1) is 25.3. The number of hydrogen-bond acceptors (Lipinski definition) is 5. The van der Waals surface area contributed by atoms with E-state index in [1.807, 2.05) is 4.90 Å². The Labute approximate surface area is 192 Å². The molecule has 0 spiro atoms. The molecule has 1 amide bonds. The predicted octanol–water partition coefficient (Wildman–Crippen LogP) is 1.89. The highest BCUT2D eigenvalue weighted by molar-refractivity contribution is 7.86. The van der Waals surface area contributed by atoms with Crippen LogP contribution in [0.25, 0.3) is 0 Å². The monoisotopic (exact) mass is 487 g/mol. The number of alkyl halides is 3. The molecule has 2 aliphatic rings. The van der Waals surface area contributed by atoms with E-state index in [1.54, 1.807) is 6.07 Å². The second-order valence-corrected chi connectivity index (χ2v) is 10.8. The second-order valence-electron chi connectivity index (χ2n) is 8.66. The Morgan fingerprint density at radius 3 is 2.36 bits per heavy atom. The number of nitrogens with one attached hydrogen (secondary N) is 1. The zero-order valence-electron chi connectivity index (χ0n) is 18.8. The Kier molecular flexibility index (Phi) is 7.26. The molecule has 3 rings (SSSR count). The zero-order valence-corrected chi connectivity index (χ0v) is 19.6. The Morgan fingerprint density at radius 1 is 1.21 bits per heavy atom. The topological polar surface area (TPSA) is 96.8 Å². The first-order valence-electron chi connectivity index (χ1n) is 10.7. The van der Waals surface area contributed by atoms with Crippen molar-refractivity contribution >= 4 is 21.8 Å². The molecule has 0 aliphatic carbocycles. The van der Waals surface area contributed by atoms with Crippen LogP contribution in [0.4, 0.5) is 18.9 Å². The summed E-state index contributed by atoms with van der Waals surface area (Å²) in [5.41, 5.74) is -0.974. The summed E-state index contributed by atoms with van der Waals surface area (Å²) >= 11 is 0. The second kappa shape index (κ2) is 9.48. The third-order valence-corrected chi connectivity index (χ3v) is 8.52. The summed E-state index contributed by atoms with van der Waals surface area (Å²) < 4.78 is 67.7. The van der Waals surface area contributed by atoms with Crippen LogP contribution in [0, 0.1) is 29.1 Å². The van der Waals surface area contributed by atoms with Crippen LogP contribution in [0.2, 0.25) is 0 Å². The van der Waals surface area contributed by atoms with E-state index in [0.717, 1.165) is 10.4 Å². The maximum atomic E-state index is 13.3. The van der Waals surface area contributed by atoms with Gasteiger partial charge in [0.1, 0.15) is 0 Å². The number of carbonyl (C=O) groups is 1. The highest BCUT2D eigenvalue weighted by atomic mass is 32.2. The Bertz CT molecular complexity index is 1030. The largest absolute Gasteiger partial charge is 0.417 e.